The van der Waals surface area contributed by atoms with E-state index in [-0.39, 0.29) is 5.75 Å². The van der Waals surface area contributed by atoms with Crippen molar-refractivity contribution in [2.45, 2.75) is 19.4 Å². The number of fused-ring (bicyclic) bond motifs is 1. The number of hydrogen-bond donors (Lipinski definition) is 1. The number of benzene rings is 2. The van der Waals surface area contributed by atoms with Gasteiger partial charge in [0.2, 0.25) is 0 Å². The highest BCUT2D eigenvalue weighted by molar-refractivity contribution is 6.35. The normalized spacial score (nSPS) is 14.1. The van der Waals surface area contributed by atoms with Crippen LogP contribution in [0.4, 0.5) is 10.1 Å². The molecule has 1 atom stereocenters. The number of H-pyrrole nitrogens is 1. The third-order valence-electron chi connectivity index (χ3n) is 5.80. The highest BCUT2D eigenvalue weighted by Gasteiger charge is 2.21. The van der Waals surface area contributed by atoms with Gasteiger partial charge in [-0.05, 0) is 31.5 Å². The number of anilines is 1. The third-order valence-corrected chi connectivity index (χ3v) is 6.41. The highest BCUT2D eigenvalue weighted by atomic mass is 35.5. The van der Waals surface area contributed by atoms with Gasteiger partial charge in [-0.25, -0.2) is 4.39 Å². The van der Waals surface area contributed by atoms with E-state index >= 15 is 0 Å². The molecule has 1 aliphatic rings. The minimum Gasteiger partial charge on any atom is -0.483 e. The number of nitrogens with one attached hydrogen (secondary N) is 1. The van der Waals surface area contributed by atoms with Crippen molar-refractivity contribution in [1.29, 1.82) is 5.26 Å². The van der Waals surface area contributed by atoms with Crippen LogP contribution in [0.25, 0.3) is 22.2 Å². The van der Waals surface area contributed by atoms with Crippen molar-refractivity contribution in [3.05, 3.63) is 69.7 Å². The van der Waals surface area contributed by atoms with Gasteiger partial charge in [0.05, 0.1) is 26.8 Å². The molecular formula is C24H18Cl2FN5O. The summed E-state index contributed by atoms with van der Waals surface area (Å²) in [5.41, 5.74) is 3.91. The van der Waals surface area contributed by atoms with Crippen molar-refractivity contribution in [1.82, 2.24) is 15.2 Å². The molecule has 3 heterocycles. The second-order valence-corrected chi connectivity index (χ2v) is 8.68. The predicted octanol–water partition coefficient (Wildman–Crippen LogP) is 6.29. The smallest absolute Gasteiger partial charge is 0.167 e. The van der Waals surface area contributed by atoms with Gasteiger partial charge in [-0.2, -0.15) is 10.4 Å². The molecule has 0 unspecified atom stereocenters. The summed E-state index contributed by atoms with van der Waals surface area (Å²) in [4.78, 5) is 6.11. The zero-order valence-electron chi connectivity index (χ0n) is 17.6. The average molecular weight is 482 g/mol. The molecule has 1 saturated heterocycles. The molecule has 4 aromatic rings. The van der Waals surface area contributed by atoms with E-state index < -0.39 is 11.9 Å². The standard InChI is InChI=1S/C24H18Cl2FN5O/c1-13(23-17(25)11-29-12-18(23)26)33-22-8-16-20(9-19(22)27)30-31-24(16)14-3-4-21(15(7-14)10-28)32-5-2-6-32/h3-4,7-9,11-13H,2,5-6H2,1H3,(H,30,31)/t13-/m1/s1. The third kappa shape index (κ3) is 3.86. The summed E-state index contributed by atoms with van der Waals surface area (Å²) in [5, 5.41) is 18.2. The molecule has 2 aromatic heterocycles. The first-order valence-corrected chi connectivity index (χ1v) is 11.1. The number of nitriles is 1. The second kappa shape index (κ2) is 8.54. The van der Waals surface area contributed by atoms with Crippen LogP contribution in [0, 0.1) is 17.1 Å². The number of pyridine rings is 1. The lowest BCUT2D eigenvalue weighted by Gasteiger charge is -2.33. The Hall–Kier alpha value is -3.34. The molecule has 9 heteroatoms. The Bertz CT molecular complexity index is 1390. The van der Waals surface area contributed by atoms with Gasteiger partial charge in [-0.3, -0.25) is 10.1 Å². The number of aromatic amines is 1. The number of hydrogen-bond acceptors (Lipinski definition) is 5. The Balaban J connectivity index is 1.53. The first kappa shape index (κ1) is 21.5. The van der Waals surface area contributed by atoms with E-state index in [9.17, 15) is 9.65 Å². The number of ether oxygens (including phenoxy) is 1. The van der Waals surface area contributed by atoms with E-state index in [0.29, 0.717) is 37.8 Å². The molecule has 1 N–H and O–H groups in total. The lowest BCUT2D eigenvalue weighted by Crippen LogP contribution is -2.37. The van der Waals surface area contributed by atoms with Gasteiger partial charge in [0.15, 0.2) is 11.6 Å². The van der Waals surface area contributed by atoms with E-state index in [0.717, 1.165) is 30.8 Å². The maximum atomic E-state index is 14.8. The van der Waals surface area contributed by atoms with Crippen molar-refractivity contribution in [3.8, 4) is 23.1 Å². The van der Waals surface area contributed by atoms with Crippen LogP contribution in [0.1, 0.15) is 30.6 Å². The lowest BCUT2D eigenvalue weighted by molar-refractivity contribution is 0.217. The molecule has 1 fully saturated rings. The van der Waals surface area contributed by atoms with Gasteiger partial charge in [0.1, 0.15) is 17.9 Å². The monoisotopic (exact) mass is 481 g/mol. The highest BCUT2D eigenvalue weighted by Crippen LogP contribution is 2.37. The largest absolute Gasteiger partial charge is 0.483 e. The fraction of sp³-hybridized carbons (Fsp3) is 0.208. The molecule has 0 aliphatic carbocycles. The average Bonchev–Trinajstić information content (AvgIpc) is 3.15. The summed E-state index contributed by atoms with van der Waals surface area (Å²) in [7, 11) is 0. The lowest BCUT2D eigenvalue weighted by atomic mass is 10.0. The van der Waals surface area contributed by atoms with Gasteiger partial charge in [-0.1, -0.05) is 29.3 Å². The first-order valence-electron chi connectivity index (χ1n) is 10.4. The van der Waals surface area contributed by atoms with Gasteiger partial charge in [0, 0.05) is 48.1 Å². The minimum absolute atomic E-state index is 0.0410. The second-order valence-electron chi connectivity index (χ2n) is 7.86. The van der Waals surface area contributed by atoms with E-state index in [2.05, 4.69) is 26.2 Å². The number of nitrogens with zero attached hydrogens (tertiary/aromatic N) is 4. The zero-order chi connectivity index (χ0) is 23.1. The molecule has 33 heavy (non-hydrogen) atoms. The molecule has 166 valence electrons. The van der Waals surface area contributed by atoms with Crippen LogP contribution < -0.4 is 9.64 Å². The van der Waals surface area contributed by atoms with Crippen molar-refractivity contribution < 1.29 is 9.13 Å². The molecule has 1 aliphatic heterocycles. The van der Waals surface area contributed by atoms with Gasteiger partial charge in [0.25, 0.3) is 0 Å². The predicted molar refractivity (Wildman–Crippen MR) is 126 cm³/mol. The first-order chi connectivity index (χ1) is 16.0. The molecule has 6 nitrogen and oxygen atoms in total. The summed E-state index contributed by atoms with van der Waals surface area (Å²) in [6, 6.07) is 10.9. The summed E-state index contributed by atoms with van der Waals surface area (Å²) >= 11 is 12.5. The Morgan fingerprint density at radius 2 is 1.94 bits per heavy atom. The number of rotatable bonds is 5. The maximum Gasteiger partial charge on any atom is 0.167 e. The Kier molecular flexibility index (Phi) is 5.57. The van der Waals surface area contributed by atoms with Crippen LogP contribution in [0.15, 0.2) is 42.7 Å². The molecule has 0 amide bonds. The summed E-state index contributed by atoms with van der Waals surface area (Å²) in [6.45, 7) is 3.63. The van der Waals surface area contributed by atoms with Gasteiger partial charge >= 0.3 is 0 Å². The molecular weight excluding hydrogens is 464 g/mol. The van der Waals surface area contributed by atoms with Gasteiger partial charge < -0.3 is 9.64 Å². The molecule has 2 aromatic carbocycles. The zero-order valence-corrected chi connectivity index (χ0v) is 19.1. The Labute approximate surface area is 199 Å². The number of halogens is 3. The van der Waals surface area contributed by atoms with Crippen LogP contribution in [-0.4, -0.2) is 28.3 Å². The molecule has 0 radical (unpaired) electrons. The Morgan fingerprint density at radius 1 is 1.18 bits per heavy atom. The molecule has 0 spiro atoms. The van der Waals surface area contributed by atoms with E-state index in [1.165, 1.54) is 18.5 Å². The van der Waals surface area contributed by atoms with E-state index in [1.54, 1.807) is 13.0 Å². The van der Waals surface area contributed by atoms with Crippen LogP contribution in [0.5, 0.6) is 5.75 Å². The molecule has 5 rings (SSSR count). The quantitative estimate of drug-likeness (QED) is 0.362. The van der Waals surface area contributed by atoms with Gasteiger partial charge in [-0.15, -0.1) is 0 Å². The van der Waals surface area contributed by atoms with Crippen LogP contribution >= 0.6 is 23.2 Å². The minimum atomic E-state index is -0.615. The van der Waals surface area contributed by atoms with Crippen molar-refractivity contribution in [3.63, 3.8) is 0 Å². The van der Waals surface area contributed by atoms with Crippen molar-refractivity contribution >= 4 is 39.8 Å². The summed E-state index contributed by atoms with van der Waals surface area (Å²) in [6.07, 6.45) is 3.44. The number of aromatic nitrogens is 3. The van der Waals surface area contributed by atoms with Crippen molar-refractivity contribution in [2.24, 2.45) is 0 Å². The SMILES string of the molecule is C[C@@H](Oc1cc2c(-c3ccc(N4CCC4)c(C#N)c3)n[nH]c2cc1F)c1c(Cl)cncc1Cl. The molecule has 0 saturated carbocycles. The van der Waals surface area contributed by atoms with E-state index in [1.807, 2.05) is 18.2 Å². The van der Waals surface area contributed by atoms with Crippen molar-refractivity contribution in [2.75, 3.05) is 18.0 Å². The van der Waals surface area contributed by atoms with E-state index in [4.69, 9.17) is 27.9 Å². The molecule has 0 bridgehead atoms. The topological polar surface area (TPSA) is 77.8 Å². The van der Waals surface area contributed by atoms with Crippen LogP contribution in [-0.2, 0) is 0 Å². The summed E-state index contributed by atoms with van der Waals surface area (Å²) < 4.78 is 20.7. The van der Waals surface area contributed by atoms with Crippen LogP contribution in [0.2, 0.25) is 10.0 Å². The maximum absolute atomic E-state index is 14.8. The van der Waals surface area contributed by atoms with Crippen LogP contribution in [0.3, 0.4) is 0 Å². The fourth-order valence-electron chi connectivity index (χ4n) is 3.99. The summed E-state index contributed by atoms with van der Waals surface area (Å²) in [5.74, 6) is -0.504. The fourth-order valence-corrected chi connectivity index (χ4v) is 4.67. The Morgan fingerprint density at radius 3 is 2.61 bits per heavy atom.